The molecule has 8 rings (SSSR count). The molecule has 0 heterocycles. The van der Waals surface area contributed by atoms with Gasteiger partial charge in [0.1, 0.15) is 0 Å². The van der Waals surface area contributed by atoms with Crippen molar-refractivity contribution in [2.45, 2.75) is 254 Å². The lowest BCUT2D eigenvalue weighted by atomic mass is 9.61. The van der Waals surface area contributed by atoms with Gasteiger partial charge in [-0.25, -0.2) is 0 Å². The summed E-state index contributed by atoms with van der Waals surface area (Å²) >= 11 is 0. The van der Waals surface area contributed by atoms with Gasteiger partial charge in [0.05, 0.1) is 35.6 Å². The van der Waals surface area contributed by atoms with Crippen molar-refractivity contribution in [2.24, 2.45) is 81.3 Å². The molecule has 1 unspecified atom stereocenters. The Morgan fingerprint density at radius 3 is 1.52 bits per heavy atom. The van der Waals surface area contributed by atoms with E-state index in [0.29, 0.717) is 95.4 Å². The highest BCUT2D eigenvalue weighted by Gasteiger charge is 2.53. The third-order valence-corrected chi connectivity index (χ3v) is 22.4. The molecule has 0 aromatic heterocycles. The minimum Gasteiger partial charge on any atom is -0.396 e. The van der Waals surface area contributed by atoms with E-state index in [1.165, 1.54) is 93.8 Å². The average Bonchev–Trinajstić information content (AvgIpc) is 4.01. The molecule has 0 aliphatic heterocycles. The number of hydrogen-bond acceptors (Lipinski definition) is 7. The SMILES string of the molecule is C=C1CC[C@H](O)C/C1=C/C=C1\CCC[C@]2(C)[C@@H]([C@H](C)/C=C/[C@H](C)C(C)(C)O)CC[C@@H]12.C[C@H](/C=C/[C@H](C)C(C)(C)O)[C@H]1CC[C@H]2/C(=C/C=C3C[C@@H](O)C[C@H](O)C3)CCC[C@]12C.C[C@H](CO)[C@H]1CC[C@H]2C(O)CCC[C@]12C. The predicted molar refractivity (Wildman–Crippen MR) is 311 cm³/mol. The monoisotopic (exact) mass is 1040 g/mol. The molecule has 7 N–H and O–H groups in total. The Morgan fingerprint density at radius 2 is 1.03 bits per heavy atom. The summed E-state index contributed by atoms with van der Waals surface area (Å²) in [6.07, 6.45) is 40.1. The fraction of sp³-hybridized carbons (Fsp3) is 0.794. The zero-order valence-electron chi connectivity index (χ0n) is 49.7. The van der Waals surface area contributed by atoms with Crippen molar-refractivity contribution in [2.75, 3.05) is 6.61 Å². The van der Waals surface area contributed by atoms with Crippen LogP contribution in [0.4, 0.5) is 0 Å². The lowest BCUT2D eigenvalue weighted by Gasteiger charge is -2.45. The minimum absolute atomic E-state index is 0.0837. The Labute approximate surface area is 458 Å². The van der Waals surface area contributed by atoms with Gasteiger partial charge >= 0.3 is 0 Å². The molecule has 0 aromatic rings. The molecule has 8 aliphatic rings. The molecule has 0 amide bonds. The van der Waals surface area contributed by atoms with Crippen LogP contribution in [0.25, 0.3) is 0 Å². The Kier molecular flexibility index (Phi) is 21.5. The van der Waals surface area contributed by atoms with E-state index in [0.717, 1.165) is 38.5 Å². The Bertz CT molecular complexity index is 2050. The second kappa shape index (κ2) is 26.0. The molecule has 18 atom stereocenters. The number of fused-ring (bicyclic) bond motifs is 3. The minimum atomic E-state index is -0.674. The van der Waals surface area contributed by atoms with Gasteiger partial charge in [-0.1, -0.05) is 139 Å². The number of hydrogen-bond donors (Lipinski definition) is 7. The normalized spacial score (nSPS) is 40.1. The van der Waals surface area contributed by atoms with Crippen LogP contribution in [0.15, 0.2) is 83.1 Å². The van der Waals surface area contributed by atoms with Gasteiger partial charge in [0, 0.05) is 18.4 Å². The third-order valence-electron chi connectivity index (χ3n) is 22.4. The summed E-state index contributed by atoms with van der Waals surface area (Å²) in [6, 6.07) is 0. The fourth-order valence-corrected chi connectivity index (χ4v) is 16.9. The van der Waals surface area contributed by atoms with Gasteiger partial charge in [-0.15, -0.1) is 0 Å². The van der Waals surface area contributed by atoms with E-state index in [2.05, 4.69) is 111 Å². The number of allylic oxidation sites excluding steroid dienone is 9. The zero-order chi connectivity index (χ0) is 55.3. The molecule has 75 heavy (non-hydrogen) atoms. The standard InChI is InChI=1S/C28H44O2.C27H44O3.C13H24O2/c1-19-10-14-24(29)18-23(19)13-12-22-8-7-17-28(6)25(15-16-26(22)28)20(2)9-11-21(3)27(4,5)30;1-18(8-9-19(2)26(3,4)30)24-12-13-25-21(7-6-14-27(24,25)5)11-10-20-15-22(28)17-23(29)16-20;1-9(8-14)10-5-6-11-12(15)4-3-7-13(10,11)2/h9,11-13,20-21,24-26,29-30H,1,7-8,10,14-18H2,2-6H3;8-11,18-19,22-25,28-30H,6-7,12-17H2,1-5H3;9-12,14-15H,3-8H2,1-2H3/b11-9+,22-12+,23-13-;9-8+,21-11+;/t20-,21+,24+,25-,26+,28-;18-,19+,22-,23-,24-,25+,27-;9-,10-,11+,12?,13-/m111/s1. The van der Waals surface area contributed by atoms with Crippen LogP contribution in [-0.4, -0.2) is 78.0 Å². The first-order chi connectivity index (χ1) is 35.1. The molecule has 0 bridgehead atoms. The van der Waals surface area contributed by atoms with Crippen molar-refractivity contribution in [1.82, 2.24) is 0 Å². The Morgan fingerprint density at radius 1 is 0.547 bits per heavy atom. The first kappa shape index (κ1) is 62.1. The van der Waals surface area contributed by atoms with Gasteiger partial charge in [-0.2, -0.15) is 0 Å². The lowest BCUT2D eigenvalue weighted by Crippen LogP contribution is -2.41. The molecule has 0 saturated heterocycles. The van der Waals surface area contributed by atoms with Crippen LogP contribution in [0.3, 0.4) is 0 Å². The number of aliphatic hydroxyl groups is 7. The maximum absolute atomic E-state index is 10.3. The lowest BCUT2D eigenvalue weighted by molar-refractivity contribution is -0.0321. The fourth-order valence-electron chi connectivity index (χ4n) is 16.9. The Balaban J connectivity index is 0.000000193. The topological polar surface area (TPSA) is 142 Å². The third kappa shape index (κ3) is 15.0. The van der Waals surface area contributed by atoms with E-state index in [4.69, 9.17) is 0 Å². The van der Waals surface area contributed by atoms with Crippen LogP contribution in [0.2, 0.25) is 0 Å². The largest absolute Gasteiger partial charge is 0.396 e. The summed E-state index contributed by atoms with van der Waals surface area (Å²) in [6.45, 7) is 30.5. The summed E-state index contributed by atoms with van der Waals surface area (Å²) < 4.78 is 0. The molecular formula is C68H112O7. The molecule has 0 spiro atoms. The van der Waals surface area contributed by atoms with Crippen molar-refractivity contribution in [3.63, 3.8) is 0 Å². The van der Waals surface area contributed by atoms with Crippen LogP contribution in [0.1, 0.15) is 218 Å². The van der Waals surface area contributed by atoms with E-state index in [-0.39, 0.29) is 24.0 Å². The van der Waals surface area contributed by atoms with Gasteiger partial charge in [0.15, 0.2) is 0 Å². The van der Waals surface area contributed by atoms with Gasteiger partial charge in [0.25, 0.3) is 0 Å². The van der Waals surface area contributed by atoms with E-state index in [1.807, 2.05) is 27.7 Å². The first-order valence-electron chi connectivity index (χ1n) is 30.7. The van der Waals surface area contributed by atoms with Crippen molar-refractivity contribution in [3.8, 4) is 0 Å². The molecule has 8 saturated carbocycles. The van der Waals surface area contributed by atoms with E-state index in [1.54, 1.807) is 11.1 Å². The highest BCUT2D eigenvalue weighted by Crippen LogP contribution is 2.61. The van der Waals surface area contributed by atoms with Gasteiger partial charge in [0.2, 0.25) is 0 Å². The maximum Gasteiger partial charge on any atom is 0.0651 e. The summed E-state index contributed by atoms with van der Waals surface area (Å²) in [7, 11) is 0. The van der Waals surface area contributed by atoms with E-state index >= 15 is 0 Å². The maximum atomic E-state index is 10.3. The first-order valence-corrected chi connectivity index (χ1v) is 30.7. The quantitative estimate of drug-likeness (QED) is 0.0965. The summed E-state index contributed by atoms with van der Waals surface area (Å²) in [4.78, 5) is 0. The molecule has 8 aliphatic carbocycles. The molecule has 0 radical (unpaired) electrons. The highest BCUT2D eigenvalue weighted by molar-refractivity contribution is 5.36. The van der Waals surface area contributed by atoms with E-state index in [9.17, 15) is 35.7 Å². The average molecular weight is 1040 g/mol. The second-order valence-electron chi connectivity index (χ2n) is 28.4. The van der Waals surface area contributed by atoms with Crippen LogP contribution >= 0.6 is 0 Å². The van der Waals surface area contributed by atoms with Crippen LogP contribution < -0.4 is 0 Å². The van der Waals surface area contributed by atoms with Crippen LogP contribution in [0.5, 0.6) is 0 Å². The van der Waals surface area contributed by atoms with Crippen molar-refractivity contribution >= 4 is 0 Å². The molecule has 0 aromatic carbocycles. The van der Waals surface area contributed by atoms with Gasteiger partial charge < -0.3 is 35.7 Å². The molecule has 426 valence electrons. The van der Waals surface area contributed by atoms with Gasteiger partial charge in [-0.3, -0.25) is 0 Å². The van der Waals surface area contributed by atoms with Crippen molar-refractivity contribution in [1.29, 1.82) is 0 Å². The summed E-state index contributed by atoms with van der Waals surface area (Å²) in [5, 5.41) is 69.8. The van der Waals surface area contributed by atoms with Gasteiger partial charge in [-0.05, 0) is 231 Å². The number of rotatable bonds is 12. The number of aliphatic hydroxyl groups excluding tert-OH is 5. The second-order valence-corrected chi connectivity index (χ2v) is 28.4. The van der Waals surface area contributed by atoms with Crippen molar-refractivity contribution in [3.05, 3.63) is 83.1 Å². The Hall–Kier alpha value is -2.10. The zero-order valence-corrected chi connectivity index (χ0v) is 49.7. The molecule has 8 fully saturated rings. The molecule has 7 heteroatoms. The van der Waals surface area contributed by atoms with Crippen LogP contribution in [0, 0.1) is 81.3 Å². The highest BCUT2D eigenvalue weighted by atomic mass is 16.3. The summed E-state index contributed by atoms with van der Waals surface area (Å²) in [5.41, 5.74) is 6.51. The smallest absolute Gasteiger partial charge is 0.0651 e. The molecule has 7 nitrogen and oxygen atoms in total. The van der Waals surface area contributed by atoms with Crippen molar-refractivity contribution < 1.29 is 35.7 Å². The summed E-state index contributed by atoms with van der Waals surface area (Å²) in [5.74, 6) is 5.58. The predicted octanol–water partition coefficient (Wildman–Crippen LogP) is 14.5. The van der Waals surface area contributed by atoms with E-state index < -0.39 is 23.4 Å². The molecular weight excluding hydrogens is 929 g/mol. The van der Waals surface area contributed by atoms with Crippen LogP contribution in [-0.2, 0) is 0 Å².